The Balaban J connectivity index is 1.56. The number of aryl methyl sites for hydroxylation is 1. The summed E-state index contributed by atoms with van der Waals surface area (Å²) in [5.74, 6) is 1.47. The average molecular weight is 429 g/mol. The molecule has 1 N–H and O–H groups in total. The fourth-order valence-corrected chi connectivity index (χ4v) is 4.36. The Morgan fingerprint density at radius 3 is 2.77 bits per heavy atom. The van der Waals surface area contributed by atoms with Crippen molar-refractivity contribution in [3.05, 3.63) is 41.0 Å². The number of morpholine rings is 1. The van der Waals surface area contributed by atoms with Crippen molar-refractivity contribution in [1.29, 1.82) is 0 Å². The number of urea groups is 1. The van der Waals surface area contributed by atoms with Crippen molar-refractivity contribution in [3.8, 4) is 11.1 Å². The maximum Gasteiger partial charge on any atom is 0.321 e. The first kappa shape index (κ1) is 20.9. The van der Waals surface area contributed by atoms with E-state index in [1.54, 1.807) is 0 Å². The van der Waals surface area contributed by atoms with Gasteiger partial charge in [-0.2, -0.15) is 0 Å². The summed E-state index contributed by atoms with van der Waals surface area (Å²) in [6.07, 6.45) is 2.20. The lowest BCUT2D eigenvalue weighted by atomic mass is 10.0. The van der Waals surface area contributed by atoms with Gasteiger partial charge in [-0.25, -0.2) is 9.78 Å². The van der Waals surface area contributed by atoms with Crippen LogP contribution in [0.2, 0.25) is 5.15 Å². The Bertz CT molecular complexity index is 914. The third-order valence-electron chi connectivity index (χ3n) is 6.07. The van der Waals surface area contributed by atoms with Crippen LogP contribution in [0.25, 0.3) is 11.1 Å². The number of aromatic nitrogens is 1. The molecule has 0 spiro atoms. The van der Waals surface area contributed by atoms with Crippen molar-refractivity contribution in [2.75, 3.05) is 49.6 Å². The summed E-state index contributed by atoms with van der Waals surface area (Å²) < 4.78 is 5.45. The predicted octanol–water partition coefficient (Wildman–Crippen LogP) is 4.81. The zero-order chi connectivity index (χ0) is 21.1. The molecule has 6 nitrogen and oxygen atoms in total. The standard InChI is InChI=1S/C23H29ClN4O2/c1-3-17-6-7-28(15-17)23(29)25-19-5-4-16(2)20(14-19)18-12-21(24)26-22(13-18)27-8-10-30-11-9-27/h4-5,12-14,17H,3,6-11,15H2,1-2H3,(H,25,29)/t17-/m1/s1. The maximum atomic E-state index is 12.7. The Morgan fingerprint density at radius 1 is 1.23 bits per heavy atom. The minimum Gasteiger partial charge on any atom is -0.378 e. The number of carbonyl (C=O) groups is 1. The van der Waals surface area contributed by atoms with Gasteiger partial charge in [0.1, 0.15) is 11.0 Å². The van der Waals surface area contributed by atoms with Gasteiger partial charge in [0.05, 0.1) is 13.2 Å². The van der Waals surface area contributed by atoms with Crippen LogP contribution in [0.5, 0.6) is 0 Å². The van der Waals surface area contributed by atoms with E-state index in [0.29, 0.717) is 24.3 Å². The largest absolute Gasteiger partial charge is 0.378 e. The summed E-state index contributed by atoms with van der Waals surface area (Å²) in [5, 5.41) is 3.53. The minimum atomic E-state index is -0.0254. The van der Waals surface area contributed by atoms with E-state index in [1.165, 1.54) is 0 Å². The van der Waals surface area contributed by atoms with E-state index in [4.69, 9.17) is 16.3 Å². The van der Waals surface area contributed by atoms with Gasteiger partial charge in [-0.05, 0) is 60.2 Å². The molecule has 7 heteroatoms. The van der Waals surface area contributed by atoms with Gasteiger partial charge in [0.2, 0.25) is 0 Å². The molecule has 1 atom stereocenters. The minimum absolute atomic E-state index is 0.0254. The number of pyridine rings is 1. The number of benzene rings is 1. The van der Waals surface area contributed by atoms with Crippen molar-refractivity contribution >= 4 is 29.1 Å². The molecular formula is C23H29ClN4O2. The molecule has 1 aromatic carbocycles. The Hall–Kier alpha value is -2.31. The van der Waals surface area contributed by atoms with Crippen LogP contribution in [0.15, 0.2) is 30.3 Å². The van der Waals surface area contributed by atoms with Crippen LogP contribution in [-0.2, 0) is 4.74 Å². The van der Waals surface area contributed by atoms with Crippen molar-refractivity contribution in [2.45, 2.75) is 26.7 Å². The lowest BCUT2D eigenvalue weighted by Gasteiger charge is -2.28. The van der Waals surface area contributed by atoms with Gasteiger partial charge < -0.3 is 19.9 Å². The number of hydrogen-bond donors (Lipinski definition) is 1. The van der Waals surface area contributed by atoms with E-state index in [-0.39, 0.29) is 6.03 Å². The zero-order valence-corrected chi connectivity index (χ0v) is 18.4. The Labute approximate surface area is 183 Å². The number of amides is 2. The summed E-state index contributed by atoms with van der Waals surface area (Å²) in [5.41, 5.74) is 3.95. The molecule has 2 fully saturated rings. The summed E-state index contributed by atoms with van der Waals surface area (Å²) in [4.78, 5) is 21.3. The molecule has 30 heavy (non-hydrogen) atoms. The van der Waals surface area contributed by atoms with Crippen LogP contribution < -0.4 is 10.2 Å². The highest BCUT2D eigenvalue weighted by Crippen LogP contribution is 2.31. The van der Waals surface area contributed by atoms with Crippen LogP contribution in [0, 0.1) is 12.8 Å². The number of carbonyl (C=O) groups excluding carboxylic acids is 1. The van der Waals surface area contributed by atoms with Crippen LogP contribution in [-0.4, -0.2) is 55.3 Å². The Morgan fingerprint density at radius 2 is 2.03 bits per heavy atom. The summed E-state index contributed by atoms with van der Waals surface area (Å²) >= 11 is 6.36. The SMILES string of the molecule is CC[C@@H]1CCN(C(=O)Nc2ccc(C)c(-c3cc(Cl)nc(N4CCOCC4)c3)c2)C1. The highest BCUT2D eigenvalue weighted by atomic mass is 35.5. The van der Waals surface area contributed by atoms with Gasteiger partial charge in [-0.15, -0.1) is 0 Å². The molecule has 3 heterocycles. The van der Waals surface area contributed by atoms with Crippen molar-refractivity contribution in [2.24, 2.45) is 5.92 Å². The van der Waals surface area contributed by atoms with E-state index < -0.39 is 0 Å². The molecule has 0 saturated carbocycles. The molecule has 2 aliphatic rings. The van der Waals surface area contributed by atoms with E-state index in [9.17, 15) is 4.79 Å². The first-order valence-corrected chi connectivity index (χ1v) is 11.1. The molecule has 2 saturated heterocycles. The second kappa shape index (κ2) is 9.23. The van der Waals surface area contributed by atoms with E-state index in [0.717, 1.165) is 67.2 Å². The molecule has 0 bridgehead atoms. The van der Waals surface area contributed by atoms with Crippen LogP contribution >= 0.6 is 11.6 Å². The molecule has 0 aliphatic carbocycles. The molecule has 1 aromatic heterocycles. The lowest BCUT2D eigenvalue weighted by Crippen LogP contribution is -2.36. The lowest BCUT2D eigenvalue weighted by molar-refractivity contribution is 0.122. The summed E-state index contributed by atoms with van der Waals surface area (Å²) in [6, 6.07) is 9.93. The number of nitrogens with zero attached hydrogens (tertiary/aromatic N) is 3. The van der Waals surface area contributed by atoms with E-state index >= 15 is 0 Å². The van der Waals surface area contributed by atoms with Gasteiger partial charge >= 0.3 is 6.03 Å². The average Bonchev–Trinajstić information content (AvgIpc) is 3.25. The van der Waals surface area contributed by atoms with Gasteiger partial charge in [-0.1, -0.05) is 31.0 Å². The summed E-state index contributed by atoms with van der Waals surface area (Å²) in [6.45, 7) is 8.90. The molecule has 4 rings (SSSR count). The summed E-state index contributed by atoms with van der Waals surface area (Å²) in [7, 11) is 0. The van der Waals surface area contributed by atoms with Crippen LogP contribution in [0.4, 0.5) is 16.3 Å². The van der Waals surface area contributed by atoms with Gasteiger partial charge in [-0.3, -0.25) is 0 Å². The normalized spacial score (nSPS) is 19.2. The number of ether oxygens (including phenoxy) is 1. The second-order valence-corrected chi connectivity index (χ2v) is 8.49. The van der Waals surface area contributed by atoms with Gasteiger partial charge in [0, 0.05) is 31.9 Å². The molecule has 160 valence electrons. The number of anilines is 2. The van der Waals surface area contributed by atoms with Crippen LogP contribution in [0.1, 0.15) is 25.3 Å². The molecule has 2 aliphatic heterocycles. The first-order chi connectivity index (χ1) is 14.5. The monoisotopic (exact) mass is 428 g/mol. The highest BCUT2D eigenvalue weighted by molar-refractivity contribution is 6.29. The fourth-order valence-electron chi connectivity index (χ4n) is 4.16. The second-order valence-electron chi connectivity index (χ2n) is 8.10. The maximum absolute atomic E-state index is 12.7. The zero-order valence-electron chi connectivity index (χ0n) is 17.7. The van der Waals surface area contributed by atoms with Crippen molar-refractivity contribution in [3.63, 3.8) is 0 Å². The van der Waals surface area contributed by atoms with Gasteiger partial charge in [0.25, 0.3) is 0 Å². The number of hydrogen-bond acceptors (Lipinski definition) is 4. The number of likely N-dealkylation sites (tertiary alicyclic amines) is 1. The van der Waals surface area contributed by atoms with Crippen molar-refractivity contribution < 1.29 is 9.53 Å². The first-order valence-electron chi connectivity index (χ1n) is 10.7. The molecule has 0 unspecified atom stereocenters. The fraction of sp³-hybridized carbons (Fsp3) is 0.478. The number of nitrogens with one attached hydrogen (secondary N) is 1. The molecule has 2 aromatic rings. The molecule has 2 amide bonds. The molecule has 0 radical (unpaired) electrons. The van der Waals surface area contributed by atoms with E-state index in [1.807, 2.05) is 29.2 Å². The third kappa shape index (κ3) is 4.71. The van der Waals surface area contributed by atoms with Crippen LogP contribution in [0.3, 0.4) is 0 Å². The smallest absolute Gasteiger partial charge is 0.321 e. The van der Waals surface area contributed by atoms with Gasteiger partial charge in [0.15, 0.2) is 0 Å². The van der Waals surface area contributed by atoms with Crippen molar-refractivity contribution in [1.82, 2.24) is 9.88 Å². The topological polar surface area (TPSA) is 57.7 Å². The number of rotatable bonds is 4. The predicted molar refractivity (Wildman–Crippen MR) is 121 cm³/mol. The molecular weight excluding hydrogens is 400 g/mol. The quantitative estimate of drug-likeness (QED) is 0.710. The van der Waals surface area contributed by atoms with E-state index in [2.05, 4.69) is 35.1 Å². The highest BCUT2D eigenvalue weighted by Gasteiger charge is 2.25. The Kier molecular flexibility index (Phi) is 6.44. The third-order valence-corrected chi connectivity index (χ3v) is 6.26. The number of halogens is 1.